The van der Waals surface area contributed by atoms with E-state index in [1.54, 1.807) is 48.5 Å². The zero-order valence-corrected chi connectivity index (χ0v) is 24.5. The molecule has 40 heavy (non-hydrogen) atoms. The van der Waals surface area contributed by atoms with Crippen molar-refractivity contribution in [3.05, 3.63) is 75.8 Å². The van der Waals surface area contributed by atoms with Crippen LogP contribution in [-0.2, 0) is 14.8 Å². The summed E-state index contributed by atoms with van der Waals surface area (Å²) in [5.74, 6) is 0.189. The molecule has 5 rings (SSSR count). The van der Waals surface area contributed by atoms with Crippen molar-refractivity contribution < 1.29 is 22.7 Å². The molecule has 3 aromatic rings. The highest BCUT2D eigenvalue weighted by molar-refractivity contribution is 7.92. The number of nitrogens with one attached hydrogen (secondary N) is 1. The summed E-state index contributed by atoms with van der Waals surface area (Å²) < 4.78 is 37.8. The van der Waals surface area contributed by atoms with Gasteiger partial charge in [0.05, 0.1) is 28.4 Å². The second-order valence-electron chi connectivity index (χ2n) is 9.78. The number of benzene rings is 3. The summed E-state index contributed by atoms with van der Waals surface area (Å²) in [6, 6.07) is 15.6. The zero-order valence-electron chi connectivity index (χ0n) is 22.1. The summed E-state index contributed by atoms with van der Waals surface area (Å²) in [6.45, 7) is 1.61. The Bertz CT molecular complexity index is 1610. The van der Waals surface area contributed by atoms with Crippen molar-refractivity contribution in [3.63, 3.8) is 0 Å². The lowest BCUT2D eigenvalue weighted by molar-refractivity contribution is -0.115. The van der Waals surface area contributed by atoms with E-state index in [1.807, 2.05) is 25.1 Å². The Morgan fingerprint density at radius 1 is 1.00 bits per heavy atom. The maximum atomic E-state index is 13.3. The van der Waals surface area contributed by atoms with Gasteiger partial charge in [0.15, 0.2) is 11.5 Å². The van der Waals surface area contributed by atoms with Crippen molar-refractivity contribution in [1.29, 1.82) is 0 Å². The SMILES string of the molecule is CN(C)CCN(c1ccc(N=C(c2ccc3c(c2)OCCO3)C2C(=O)Nc3cc(Cl)ccc32)cc1Cl)S(C)(=O)=O. The van der Waals surface area contributed by atoms with Crippen molar-refractivity contribution in [2.75, 3.05) is 56.3 Å². The zero-order chi connectivity index (χ0) is 28.6. The van der Waals surface area contributed by atoms with Crippen LogP contribution in [0.3, 0.4) is 0 Å². The lowest BCUT2D eigenvalue weighted by Crippen LogP contribution is -2.36. The highest BCUT2D eigenvalue weighted by Gasteiger charge is 2.36. The predicted octanol–water partition coefficient (Wildman–Crippen LogP) is 4.95. The fourth-order valence-corrected chi connectivity index (χ4v) is 6.10. The van der Waals surface area contributed by atoms with Gasteiger partial charge in [-0.1, -0.05) is 29.3 Å². The van der Waals surface area contributed by atoms with Gasteiger partial charge in [0, 0.05) is 29.4 Å². The first-order chi connectivity index (χ1) is 19.0. The van der Waals surface area contributed by atoms with Crippen LogP contribution in [0, 0.1) is 0 Å². The number of aliphatic imine (C=N–C) groups is 1. The third kappa shape index (κ3) is 5.90. The number of carbonyl (C=O) groups excluding carboxylic acids is 1. The van der Waals surface area contributed by atoms with Crippen LogP contribution in [0.2, 0.25) is 10.0 Å². The number of amides is 1. The number of sulfonamides is 1. The monoisotopic (exact) mass is 602 g/mol. The Morgan fingerprint density at radius 2 is 1.75 bits per heavy atom. The molecule has 2 aliphatic rings. The van der Waals surface area contributed by atoms with E-state index >= 15 is 0 Å². The van der Waals surface area contributed by atoms with Gasteiger partial charge in [0.2, 0.25) is 15.9 Å². The summed E-state index contributed by atoms with van der Waals surface area (Å²) in [5, 5.41) is 3.62. The number of nitrogens with zero attached hydrogens (tertiary/aromatic N) is 3. The van der Waals surface area contributed by atoms with Gasteiger partial charge in [-0.15, -0.1) is 0 Å². The lowest BCUT2D eigenvalue weighted by Gasteiger charge is -2.25. The molecule has 1 amide bonds. The molecule has 0 bridgehead atoms. The van der Waals surface area contributed by atoms with E-state index in [0.717, 1.165) is 11.8 Å². The minimum atomic E-state index is -3.58. The molecule has 0 aromatic heterocycles. The molecule has 0 radical (unpaired) electrons. The minimum absolute atomic E-state index is 0.218. The molecule has 3 aromatic carbocycles. The molecule has 9 nitrogen and oxygen atoms in total. The smallest absolute Gasteiger partial charge is 0.238 e. The van der Waals surface area contributed by atoms with E-state index in [1.165, 1.54) is 4.31 Å². The first kappa shape index (κ1) is 28.2. The average molecular weight is 604 g/mol. The van der Waals surface area contributed by atoms with E-state index in [9.17, 15) is 13.2 Å². The van der Waals surface area contributed by atoms with Gasteiger partial charge in [-0.2, -0.15) is 0 Å². The summed E-state index contributed by atoms with van der Waals surface area (Å²) in [5.41, 5.74) is 3.28. The normalized spacial score (nSPS) is 16.6. The molecule has 12 heteroatoms. The second-order valence-corrected chi connectivity index (χ2v) is 12.5. The number of ether oxygens (including phenoxy) is 2. The maximum absolute atomic E-state index is 13.3. The van der Waals surface area contributed by atoms with Crippen LogP contribution < -0.4 is 19.1 Å². The summed E-state index contributed by atoms with van der Waals surface area (Å²) in [6.07, 6.45) is 1.15. The molecule has 210 valence electrons. The second kappa shape index (κ2) is 11.3. The number of anilines is 2. The quantitative estimate of drug-likeness (QED) is 0.366. The number of fused-ring (bicyclic) bond motifs is 2. The number of hydrogen-bond acceptors (Lipinski definition) is 7. The van der Waals surface area contributed by atoms with E-state index in [-0.39, 0.29) is 17.5 Å². The van der Waals surface area contributed by atoms with Crippen LogP contribution in [0.5, 0.6) is 11.5 Å². The Kier molecular flexibility index (Phi) is 7.96. The standard InChI is InChI=1S/C28H28Cl2N4O5S/c1-33(2)10-11-34(40(3,36)37)23-8-6-19(16-21(23)30)31-27(17-4-9-24-25(14-17)39-13-12-38-24)26-20-7-5-18(29)15-22(20)32-28(26)35/h4-9,14-16,26H,10-13H2,1-3H3,(H,32,35). The molecule has 1 unspecified atom stereocenters. The number of halogens is 2. The Morgan fingerprint density at radius 3 is 2.45 bits per heavy atom. The highest BCUT2D eigenvalue weighted by Crippen LogP contribution is 2.40. The van der Waals surface area contributed by atoms with Gasteiger partial charge >= 0.3 is 0 Å². The number of carbonyl (C=O) groups is 1. The van der Waals surface area contributed by atoms with Gasteiger partial charge in [0.1, 0.15) is 19.1 Å². The predicted molar refractivity (Wildman–Crippen MR) is 159 cm³/mol. The largest absolute Gasteiger partial charge is 0.486 e. The van der Waals surface area contributed by atoms with E-state index in [0.29, 0.717) is 64.6 Å². The molecule has 0 aliphatic carbocycles. The molecular weight excluding hydrogens is 575 g/mol. The molecular formula is C28H28Cl2N4O5S. The average Bonchev–Trinajstić information content (AvgIpc) is 3.21. The van der Waals surface area contributed by atoms with Crippen LogP contribution >= 0.6 is 23.2 Å². The van der Waals surface area contributed by atoms with Crippen molar-refractivity contribution >= 4 is 61.9 Å². The van der Waals surface area contributed by atoms with Gasteiger partial charge in [-0.05, 0) is 68.2 Å². The van der Waals surface area contributed by atoms with Crippen LogP contribution in [-0.4, -0.2) is 71.6 Å². The van der Waals surface area contributed by atoms with Crippen LogP contribution in [0.25, 0.3) is 0 Å². The van der Waals surface area contributed by atoms with Gasteiger partial charge in [-0.25, -0.2) is 8.42 Å². The van der Waals surface area contributed by atoms with E-state index < -0.39 is 15.9 Å². The molecule has 0 fully saturated rings. The number of likely N-dealkylation sites (N-methyl/N-ethyl adjacent to an activating group) is 1. The third-order valence-electron chi connectivity index (χ3n) is 6.56. The highest BCUT2D eigenvalue weighted by atomic mass is 35.5. The molecule has 2 heterocycles. The molecule has 0 saturated heterocycles. The maximum Gasteiger partial charge on any atom is 0.238 e. The molecule has 0 saturated carbocycles. The van der Waals surface area contributed by atoms with Gasteiger partial charge in [-0.3, -0.25) is 14.1 Å². The van der Waals surface area contributed by atoms with Crippen molar-refractivity contribution in [1.82, 2.24) is 4.90 Å². The van der Waals surface area contributed by atoms with E-state index in [4.69, 9.17) is 37.7 Å². The Balaban J connectivity index is 1.60. The third-order valence-corrected chi connectivity index (χ3v) is 8.28. The fourth-order valence-electron chi connectivity index (χ4n) is 4.67. The van der Waals surface area contributed by atoms with E-state index in [2.05, 4.69) is 5.32 Å². The molecule has 2 aliphatic heterocycles. The first-order valence-corrected chi connectivity index (χ1v) is 15.1. The van der Waals surface area contributed by atoms with Gasteiger partial charge < -0.3 is 19.7 Å². The Hall–Kier alpha value is -3.31. The van der Waals surface area contributed by atoms with Crippen molar-refractivity contribution in [3.8, 4) is 11.5 Å². The minimum Gasteiger partial charge on any atom is -0.486 e. The number of rotatable bonds is 8. The summed E-state index contributed by atoms with van der Waals surface area (Å²) in [4.78, 5) is 20.1. The Labute approximate surface area is 243 Å². The summed E-state index contributed by atoms with van der Waals surface area (Å²) >= 11 is 12.8. The first-order valence-electron chi connectivity index (χ1n) is 12.5. The van der Waals surface area contributed by atoms with Crippen LogP contribution in [0.15, 0.2) is 59.6 Å². The summed E-state index contributed by atoms with van der Waals surface area (Å²) in [7, 11) is 0.147. The molecule has 1 N–H and O–H groups in total. The van der Waals surface area contributed by atoms with Crippen LogP contribution in [0.4, 0.5) is 17.1 Å². The lowest BCUT2D eigenvalue weighted by atomic mass is 9.90. The van der Waals surface area contributed by atoms with Crippen molar-refractivity contribution in [2.45, 2.75) is 5.92 Å². The molecule has 0 spiro atoms. The van der Waals surface area contributed by atoms with Gasteiger partial charge in [0.25, 0.3) is 0 Å². The topological polar surface area (TPSA) is 101 Å². The van der Waals surface area contributed by atoms with Crippen LogP contribution in [0.1, 0.15) is 17.0 Å². The number of hydrogen-bond donors (Lipinski definition) is 1. The van der Waals surface area contributed by atoms with Crippen molar-refractivity contribution in [2.24, 2.45) is 4.99 Å². The molecule has 1 atom stereocenters. The fraction of sp³-hybridized carbons (Fsp3) is 0.286.